The molecular formula is C20H23N3O2S2. The molecular weight excluding hydrogens is 378 g/mol. The summed E-state index contributed by atoms with van der Waals surface area (Å²) in [5.74, 6) is 0. The topological polar surface area (TPSA) is 53.5 Å². The van der Waals surface area contributed by atoms with E-state index in [1.807, 2.05) is 19.1 Å². The number of fused-ring (bicyclic) bond motifs is 1. The van der Waals surface area contributed by atoms with Gasteiger partial charge >= 0.3 is 0 Å². The number of nitrogens with zero attached hydrogens (tertiary/aromatic N) is 3. The van der Waals surface area contributed by atoms with E-state index in [0.29, 0.717) is 31.1 Å². The number of hydrogen-bond donors (Lipinski definition) is 0. The number of anilines is 1. The van der Waals surface area contributed by atoms with E-state index in [4.69, 9.17) is 4.98 Å². The molecule has 0 saturated carbocycles. The van der Waals surface area contributed by atoms with Gasteiger partial charge in [0.1, 0.15) is 0 Å². The molecule has 2 aromatic carbocycles. The summed E-state index contributed by atoms with van der Waals surface area (Å²) in [6, 6.07) is 11.4. The smallest absolute Gasteiger partial charge is 0.243 e. The first-order chi connectivity index (χ1) is 12.8. The number of thiazole rings is 1. The van der Waals surface area contributed by atoms with Gasteiger partial charge in [-0.3, -0.25) is 0 Å². The summed E-state index contributed by atoms with van der Waals surface area (Å²) in [5, 5.41) is 0.978. The van der Waals surface area contributed by atoms with E-state index in [9.17, 15) is 8.42 Å². The monoisotopic (exact) mass is 401 g/mol. The molecule has 27 heavy (non-hydrogen) atoms. The highest BCUT2D eigenvalue weighted by Crippen LogP contribution is 2.32. The van der Waals surface area contributed by atoms with Crippen LogP contribution in [-0.4, -0.2) is 43.9 Å². The molecule has 5 nitrogen and oxygen atoms in total. The largest absolute Gasteiger partial charge is 0.345 e. The minimum atomic E-state index is -3.43. The van der Waals surface area contributed by atoms with Gasteiger partial charge in [-0.05, 0) is 50.1 Å². The maximum Gasteiger partial charge on any atom is 0.243 e. The van der Waals surface area contributed by atoms with Crippen LogP contribution in [0.5, 0.6) is 0 Å². The van der Waals surface area contributed by atoms with Gasteiger partial charge in [0.05, 0.1) is 15.1 Å². The van der Waals surface area contributed by atoms with Gasteiger partial charge in [-0.25, -0.2) is 13.4 Å². The molecule has 0 spiro atoms. The van der Waals surface area contributed by atoms with Crippen molar-refractivity contribution in [3.05, 3.63) is 53.1 Å². The van der Waals surface area contributed by atoms with Crippen LogP contribution in [0.4, 0.5) is 5.13 Å². The molecule has 0 bridgehead atoms. The minimum Gasteiger partial charge on any atom is -0.345 e. The summed E-state index contributed by atoms with van der Waals surface area (Å²) in [4.78, 5) is 7.35. The lowest BCUT2D eigenvalue weighted by molar-refractivity contribution is 0.385. The fourth-order valence-electron chi connectivity index (χ4n) is 3.48. The molecule has 3 aromatic rings. The van der Waals surface area contributed by atoms with E-state index in [1.165, 1.54) is 15.8 Å². The van der Waals surface area contributed by atoms with E-state index in [2.05, 4.69) is 30.9 Å². The van der Waals surface area contributed by atoms with Crippen molar-refractivity contribution < 1.29 is 8.42 Å². The van der Waals surface area contributed by atoms with E-state index < -0.39 is 10.0 Å². The lowest BCUT2D eigenvalue weighted by atomic mass is 10.1. The van der Waals surface area contributed by atoms with Crippen molar-refractivity contribution in [3.63, 3.8) is 0 Å². The van der Waals surface area contributed by atoms with Crippen molar-refractivity contribution >= 4 is 36.7 Å². The Balaban J connectivity index is 1.52. The number of hydrogen-bond acceptors (Lipinski definition) is 5. The van der Waals surface area contributed by atoms with Gasteiger partial charge in [0, 0.05) is 26.2 Å². The van der Waals surface area contributed by atoms with Gasteiger partial charge < -0.3 is 4.90 Å². The van der Waals surface area contributed by atoms with Gasteiger partial charge in [-0.15, -0.1) is 0 Å². The minimum absolute atomic E-state index is 0.368. The Morgan fingerprint density at radius 2 is 1.59 bits per heavy atom. The number of aromatic nitrogens is 1. The first-order valence-corrected chi connectivity index (χ1v) is 11.3. The lowest BCUT2D eigenvalue weighted by Gasteiger charge is -2.33. The zero-order chi connectivity index (χ0) is 19.2. The molecule has 1 aliphatic heterocycles. The first-order valence-electron chi connectivity index (χ1n) is 9.04. The predicted molar refractivity (Wildman–Crippen MR) is 111 cm³/mol. The molecule has 0 N–H and O–H groups in total. The average molecular weight is 402 g/mol. The quantitative estimate of drug-likeness (QED) is 0.671. The average Bonchev–Trinajstić information content (AvgIpc) is 3.06. The Bertz CT molecular complexity index is 1080. The summed E-state index contributed by atoms with van der Waals surface area (Å²) in [7, 11) is -3.43. The fraction of sp³-hybridized carbons (Fsp3) is 0.350. The van der Waals surface area contributed by atoms with Crippen molar-refractivity contribution in [2.75, 3.05) is 31.1 Å². The molecule has 0 aliphatic carbocycles. The second kappa shape index (κ2) is 6.89. The Morgan fingerprint density at radius 1 is 0.926 bits per heavy atom. The van der Waals surface area contributed by atoms with Crippen LogP contribution in [-0.2, 0) is 10.0 Å². The molecule has 0 radical (unpaired) electrons. The number of benzene rings is 2. The molecule has 1 saturated heterocycles. The maximum absolute atomic E-state index is 12.9. The van der Waals surface area contributed by atoms with Crippen molar-refractivity contribution in [2.24, 2.45) is 0 Å². The second-order valence-corrected chi connectivity index (χ2v) is 10.0. The molecule has 1 aliphatic rings. The number of aryl methyl sites for hydroxylation is 3. The molecule has 0 unspecified atom stereocenters. The summed E-state index contributed by atoms with van der Waals surface area (Å²) in [6.07, 6.45) is 0. The van der Waals surface area contributed by atoms with Crippen molar-refractivity contribution in [1.29, 1.82) is 0 Å². The third kappa shape index (κ3) is 3.47. The molecule has 1 fully saturated rings. The highest BCUT2D eigenvalue weighted by molar-refractivity contribution is 7.89. The Labute approximate surface area is 164 Å². The fourth-order valence-corrected chi connectivity index (χ4v) is 5.97. The van der Waals surface area contributed by atoms with Crippen LogP contribution in [0, 0.1) is 20.8 Å². The van der Waals surface area contributed by atoms with E-state index in [0.717, 1.165) is 16.2 Å². The summed E-state index contributed by atoms with van der Waals surface area (Å²) in [6.45, 7) is 8.42. The van der Waals surface area contributed by atoms with Gasteiger partial charge in [-0.1, -0.05) is 35.1 Å². The van der Waals surface area contributed by atoms with Crippen LogP contribution in [0.15, 0.2) is 41.3 Å². The van der Waals surface area contributed by atoms with Crippen LogP contribution in [0.25, 0.3) is 10.2 Å². The zero-order valence-corrected chi connectivity index (χ0v) is 17.4. The van der Waals surface area contributed by atoms with E-state index in [-0.39, 0.29) is 0 Å². The van der Waals surface area contributed by atoms with Gasteiger partial charge in [-0.2, -0.15) is 4.31 Å². The number of rotatable bonds is 3. The van der Waals surface area contributed by atoms with Gasteiger partial charge in [0.15, 0.2) is 5.13 Å². The van der Waals surface area contributed by atoms with Gasteiger partial charge in [0.25, 0.3) is 0 Å². The molecule has 0 amide bonds. The molecule has 7 heteroatoms. The standard InChI is InChI=1S/C20H23N3O2S2/c1-14-4-6-17(7-5-14)27(24,25)23-10-8-22(9-11-23)20-21-18-13-15(2)12-16(3)19(18)26-20/h4-7,12-13H,8-11H2,1-3H3. The number of sulfonamides is 1. The normalized spacial score (nSPS) is 16.2. The zero-order valence-electron chi connectivity index (χ0n) is 15.8. The van der Waals surface area contributed by atoms with Crippen LogP contribution in [0.2, 0.25) is 0 Å². The second-order valence-electron chi connectivity index (χ2n) is 7.13. The van der Waals surface area contributed by atoms with Crippen LogP contribution >= 0.6 is 11.3 Å². The van der Waals surface area contributed by atoms with Crippen molar-refractivity contribution in [1.82, 2.24) is 9.29 Å². The first kappa shape index (κ1) is 18.4. The highest BCUT2D eigenvalue weighted by atomic mass is 32.2. The van der Waals surface area contributed by atoms with Crippen LogP contribution in [0.3, 0.4) is 0 Å². The predicted octanol–water partition coefficient (Wildman–Crippen LogP) is 3.73. The number of piperazine rings is 1. The van der Waals surface area contributed by atoms with Crippen LogP contribution in [0.1, 0.15) is 16.7 Å². The molecule has 4 rings (SSSR count). The van der Waals surface area contributed by atoms with Crippen molar-refractivity contribution in [3.8, 4) is 0 Å². The van der Waals surface area contributed by atoms with Crippen molar-refractivity contribution in [2.45, 2.75) is 25.7 Å². The third-order valence-electron chi connectivity index (χ3n) is 4.98. The van der Waals surface area contributed by atoms with Crippen LogP contribution < -0.4 is 4.90 Å². The Morgan fingerprint density at radius 3 is 2.26 bits per heavy atom. The summed E-state index contributed by atoms with van der Waals surface area (Å²) in [5.41, 5.74) is 4.54. The molecule has 0 atom stereocenters. The molecule has 142 valence electrons. The molecule has 1 aromatic heterocycles. The van der Waals surface area contributed by atoms with Gasteiger partial charge in [0.2, 0.25) is 10.0 Å². The SMILES string of the molecule is Cc1ccc(S(=O)(=O)N2CCN(c3nc4cc(C)cc(C)c4s3)CC2)cc1. The lowest BCUT2D eigenvalue weighted by Crippen LogP contribution is -2.48. The Hall–Kier alpha value is -1.96. The molecule has 2 heterocycles. The summed E-state index contributed by atoms with van der Waals surface area (Å²) < 4.78 is 28.5. The van der Waals surface area contributed by atoms with E-state index in [1.54, 1.807) is 27.8 Å². The highest BCUT2D eigenvalue weighted by Gasteiger charge is 2.29. The Kier molecular flexibility index (Phi) is 4.70. The summed E-state index contributed by atoms with van der Waals surface area (Å²) >= 11 is 1.69. The van der Waals surface area contributed by atoms with E-state index >= 15 is 0 Å². The maximum atomic E-state index is 12.9. The third-order valence-corrected chi connectivity index (χ3v) is 8.16.